The highest BCUT2D eigenvalue weighted by atomic mass is 32.2. The van der Waals surface area contributed by atoms with Gasteiger partial charge in [0.1, 0.15) is 5.54 Å². The first-order valence-electron chi connectivity index (χ1n) is 7.60. The predicted molar refractivity (Wildman–Crippen MR) is 85.8 cm³/mol. The number of benzene rings is 1. The molecule has 1 unspecified atom stereocenters. The number of hydrogen-bond acceptors (Lipinski definition) is 3. The molecule has 1 aliphatic carbocycles. The maximum atomic E-state index is 12.6. The summed E-state index contributed by atoms with van der Waals surface area (Å²) in [7, 11) is -3.78. The summed E-state index contributed by atoms with van der Waals surface area (Å²) in [5.41, 5.74) is 6.43. The fourth-order valence-electron chi connectivity index (χ4n) is 3.08. The molecule has 1 aliphatic rings. The predicted octanol–water partition coefficient (Wildman–Crippen LogP) is 1.74. The average Bonchev–Trinajstić information content (AvgIpc) is 2.83. The number of hydrogen-bond donors (Lipinski definition) is 2. The Bertz CT molecular complexity index is 683. The molecule has 0 bridgehead atoms. The molecular formula is C16H24N2O3S. The van der Waals surface area contributed by atoms with Crippen molar-refractivity contribution in [2.45, 2.75) is 56.9 Å². The summed E-state index contributed by atoms with van der Waals surface area (Å²) in [6.07, 6.45) is 3.30. The van der Waals surface area contributed by atoms with E-state index in [1.807, 2.05) is 19.9 Å². The molecule has 0 fully saturated rings. The maximum Gasteiger partial charge on any atom is 0.241 e. The number of fused-ring (bicyclic) bond motifs is 1. The Morgan fingerprint density at radius 2 is 1.95 bits per heavy atom. The Hall–Kier alpha value is -1.40. The number of rotatable bonds is 6. The number of nitrogens with two attached hydrogens (primary N) is 1. The summed E-state index contributed by atoms with van der Waals surface area (Å²) >= 11 is 0. The highest BCUT2D eigenvalue weighted by molar-refractivity contribution is 7.89. The third kappa shape index (κ3) is 3.50. The van der Waals surface area contributed by atoms with E-state index in [4.69, 9.17) is 5.73 Å². The molecule has 2 rings (SSSR count). The van der Waals surface area contributed by atoms with Gasteiger partial charge in [-0.3, -0.25) is 4.79 Å². The smallest absolute Gasteiger partial charge is 0.241 e. The van der Waals surface area contributed by atoms with Crippen LogP contribution in [0.3, 0.4) is 0 Å². The Morgan fingerprint density at radius 1 is 1.32 bits per heavy atom. The van der Waals surface area contributed by atoms with Gasteiger partial charge in [0.2, 0.25) is 15.9 Å². The zero-order valence-corrected chi connectivity index (χ0v) is 14.2. The Balaban J connectivity index is 2.31. The van der Waals surface area contributed by atoms with Gasteiger partial charge in [-0.05, 0) is 61.8 Å². The number of nitrogens with one attached hydrogen (secondary N) is 1. The van der Waals surface area contributed by atoms with Crippen molar-refractivity contribution in [3.05, 3.63) is 29.3 Å². The minimum Gasteiger partial charge on any atom is -0.368 e. The van der Waals surface area contributed by atoms with Crippen LogP contribution in [0, 0.1) is 5.92 Å². The SMILES string of the molecule is CC(C)CC(C)(NS(=O)(=O)c1ccc2c(c1)CCC2)C(N)=O. The molecule has 1 amide bonds. The van der Waals surface area contributed by atoms with Crippen LogP contribution in [0.4, 0.5) is 0 Å². The average molecular weight is 324 g/mol. The lowest BCUT2D eigenvalue weighted by molar-refractivity contribution is -0.123. The summed E-state index contributed by atoms with van der Waals surface area (Å²) in [5.74, 6) is -0.522. The van der Waals surface area contributed by atoms with Gasteiger partial charge in [0, 0.05) is 0 Å². The fourth-order valence-corrected chi connectivity index (χ4v) is 4.52. The summed E-state index contributed by atoms with van der Waals surface area (Å²) in [6.45, 7) is 5.38. The first-order valence-corrected chi connectivity index (χ1v) is 9.08. The highest BCUT2D eigenvalue weighted by Crippen LogP contribution is 2.26. The van der Waals surface area contributed by atoms with Gasteiger partial charge in [0.15, 0.2) is 0 Å². The third-order valence-electron chi connectivity index (χ3n) is 4.10. The van der Waals surface area contributed by atoms with Crippen molar-refractivity contribution in [1.82, 2.24) is 4.72 Å². The first-order chi connectivity index (χ1) is 10.1. The van der Waals surface area contributed by atoms with Crippen LogP contribution in [-0.2, 0) is 27.7 Å². The molecule has 1 aromatic carbocycles. The van der Waals surface area contributed by atoms with E-state index in [0.29, 0.717) is 6.42 Å². The van der Waals surface area contributed by atoms with E-state index in [0.717, 1.165) is 24.8 Å². The second-order valence-corrected chi connectivity index (χ2v) is 8.37. The quantitative estimate of drug-likeness (QED) is 0.835. The van der Waals surface area contributed by atoms with Crippen molar-refractivity contribution in [2.75, 3.05) is 0 Å². The van der Waals surface area contributed by atoms with Crippen LogP contribution in [0.5, 0.6) is 0 Å². The van der Waals surface area contributed by atoms with Crippen molar-refractivity contribution in [3.8, 4) is 0 Å². The number of aryl methyl sites for hydroxylation is 2. The van der Waals surface area contributed by atoms with E-state index < -0.39 is 21.5 Å². The first kappa shape index (κ1) is 17.0. The maximum absolute atomic E-state index is 12.6. The topological polar surface area (TPSA) is 89.3 Å². The Labute approximate surface area is 132 Å². The van der Waals surface area contributed by atoms with Gasteiger partial charge in [0.05, 0.1) is 4.90 Å². The van der Waals surface area contributed by atoms with Crippen molar-refractivity contribution in [1.29, 1.82) is 0 Å². The van der Waals surface area contributed by atoms with E-state index in [-0.39, 0.29) is 10.8 Å². The van der Waals surface area contributed by atoms with E-state index in [1.165, 1.54) is 5.56 Å². The van der Waals surface area contributed by atoms with Crippen LogP contribution in [0.1, 0.15) is 44.7 Å². The van der Waals surface area contributed by atoms with Crippen molar-refractivity contribution < 1.29 is 13.2 Å². The lowest BCUT2D eigenvalue weighted by Gasteiger charge is -2.28. The molecule has 0 spiro atoms. The van der Waals surface area contributed by atoms with Gasteiger partial charge < -0.3 is 5.73 Å². The van der Waals surface area contributed by atoms with E-state index in [2.05, 4.69) is 4.72 Å². The zero-order chi connectivity index (χ0) is 16.5. The van der Waals surface area contributed by atoms with Crippen LogP contribution in [0.15, 0.2) is 23.1 Å². The van der Waals surface area contributed by atoms with Gasteiger partial charge in [-0.2, -0.15) is 4.72 Å². The van der Waals surface area contributed by atoms with Gasteiger partial charge in [0.25, 0.3) is 0 Å². The molecule has 122 valence electrons. The second-order valence-electron chi connectivity index (χ2n) is 6.68. The van der Waals surface area contributed by atoms with E-state index in [9.17, 15) is 13.2 Å². The summed E-state index contributed by atoms with van der Waals surface area (Å²) in [6, 6.07) is 5.17. The fraction of sp³-hybridized carbons (Fsp3) is 0.562. The molecule has 5 nitrogen and oxygen atoms in total. The third-order valence-corrected chi connectivity index (χ3v) is 5.69. The molecule has 0 aliphatic heterocycles. The summed E-state index contributed by atoms with van der Waals surface area (Å²) in [5, 5.41) is 0. The van der Waals surface area contributed by atoms with Gasteiger partial charge in [-0.1, -0.05) is 19.9 Å². The highest BCUT2D eigenvalue weighted by Gasteiger charge is 2.37. The van der Waals surface area contributed by atoms with E-state index >= 15 is 0 Å². The Morgan fingerprint density at radius 3 is 2.55 bits per heavy atom. The van der Waals surface area contributed by atoms with Gasteiger partial charge in [-0.15, -0.1) is 0 Å². The van der Waals surface area contributed by atoms with Crippen molar-refractivity contribution in [2.24, 2.45) is 11.7 Å². The second kappa shape index (κ2) is 6.01. The number of primary amides is 1. The normalized spacial score (nSPS) is 17.3. The van der Waals surface area contributed by atoms with Crippen molar-refractivity contribution in [3.63, 3.8) is 0 Å². The van der Waals surface area contributed by atoms with Gasteiger partial charge >= 0.3 is 0 Å². The number of carbonyl (C=O) groups excluding carboxylic acids is 1. The van der Waals surface area contributed by atoms with Crippen LogP contribution >= 0.6 is 0 Å². The molecule has 1 aromatic rings. The molecule has 0 radical (unpaired) electrons. The largest absolute Gasteiger partial charge is 0.368 e. The van der Waals surface area contributed by atoms with Crippen LogP contribution in [0.25, 0.3) is 0 Å². The lowest BCUT2D eigenvalue weighted by Crippen LogP contribution is -2.55. The number of carbonyl (C=O) groups is 1. The summed E-state index contributed by atoms with van der Waals surface area (Å²) in [4.78, 5) is 11.9. The molecule has 1 atom stereocenters. The van der Waals surface area contributed by atoms with Crippen molar-refractivity contribution >= 4 is 15.9 Å². The molecule has 0 saturated heterocycles. The minimum absolute atomic E-state index is 0.139. The number of amides is 1. The monoisotopic (exact) mass is 324 g/mol. The molecule has 6 heteroatoms. The zero-order valence-electron chi connectivity index (χ0n) is 13.3. The molecule has 3 N–H and O–H groups in total. The van der Waals surface area contributed by atoms with Crippen LogP contribution < -0.4 is 10.5 Å². The molecule has 0 saturated carbocycles. The summed E-state index contributed by atoms with van der Waals surface area (Å²) < 4.78 is 27.7. The standard InChI is InChI=1S/C16H24N2O3S/c1-11(2)10-16(3,15(17)19)18-22(20,21)14-8-7-12-5-4-6-13(12)9-14/h7-9,11,18H,4-6,10H2,1-3H3,(H2,17,19). The molecule has 0 aromatic heterocycles. The van der Waals surface area contributed by atoms with E-state index in [1.54, 1.807) is 19.1 Å². The molecular weight excluding hydrogens is 300 g/mol. The minimum atomic E-state index is -3.78. The number of sulfonamides is 1. The van der Waals surface area contributed by atoms with Crippen LogP contribution in [0.2, 0.25) is 0 Å². The molecule has 22 heavy (non-hydrogen) atoms. The van der Waals surface area contributed by atoms with Crippen LogP contribution in [-0.4, -0.2) is 19.9 Å². The van der Waals surface area contributed by atoms with Gasteiger partial charge in [-0.25, -0.2) is 8.42 Å². The molecule has 0 heterocycles. The lowest BCUT2D eigenvalue weighted by atomic mass is 9.91. The Kier molecular flexibility index (Phi) is 4.63.